The highest BCUT2D eigenvalue weighted by molar-refractivity contribution is 6.08. The lowest BCUT2D eigenvalue weighted by molar-refractivity contribution is 0.0792. The molecule has 5 heteroatoms. The highest BCUT2D eigenvalue weighted by Gasteiger charge is 2.29. The average Bonchev–Trinajstić information content (AvgIpc) is 3.25. The van der Waals surface area contributed by atoms with Crippen LogP contribution in [0.2, 0.25) is 0 Å². The summed E-state index contributed by atoms with van der Waals surface area (Å²) < 4.78 is 0. The van der Waals surface area contributed by atoms with E-state index in [0.717, 1.165) is 12.1 Å². The van der Waals surface area contributed by atoms with Crippen molar-refractivity contribution in [2.45, 2.75) is 19.3 Å². The second-order valence-electron chi connectivity index (χ2n) is 7.34. The quantitative estimate of drug-likeness (QED) is 0.729. The molecule has 1 unspecified atom stereocenters. The molecule has 1 aromatic heterocycles. The van der Waals surface area contributed by atoms with Crippen LogP contribution in [0.1, 0.15) is 44.3 Å². The summed E-state index contributed by atoms with van der Waals surface area (Å²) in [4.78, 5) is 31.8. The number of hydrogen-bond donors (Lipinski definition) is 1. The maximum absolute atomic E-state index is 13.2. The van der Waals surface area contributed by atoms with E-state index in [0.29, 0.717) is 35.8 Å². The van der Waals surface area contributed by atoms with Gasteiger partial charge in [0, 0.05) is 30.9 Å². The fraction of sp³-hybridized carbons (Fsp3) is 0.208. The summed E-state index contributed by atoms with van der Waals surface area (Å²) in [5.74, 6) is 0.0169. The predicted molar refractivity (Wildman–Crippen MR) is 113 cm³/mol. The topological polar surface area (TPSA) is 62.3 Å². The number of hydrogen-bond acceptors (Lipinski definition) is 3. The van der Waals surface area contributed by atoms with Crippen LogP contribution in [-0.4, -0.2) is 34.8 Å². The van der Waals surface area contributed by atoms with Crippen LogP contribution in [0.5, 0.6) is 0 Å². The van der Waals surface area contributed by atoms with E-state index in [-0.39, 0.29) is 11.8 Å². The first-order chi connectivity index (χ1) is 14.1. The van der Waals surface area contributed by atoms with Gasteiger partial charge in [-0.1, -0.05) is 42.5 Å². The number of likely N-dealkylation sites (tertiary alicyclic amines) is 1. The van der Waals surface area contributed by atoms with E-state index in [1.54, 1.807) is 30.5 Å². The highest BCUT2D eigenvalue weighted by Crippen LogP contribution is 2.29. The first kappa shape index (κ1) is 18.9. The van der Waals surface area contributed by atoms with Gasteiger partial charge in [-0.05, 0) is 43.2 Å². The van der Waals surface area contributed by atoms with Crippen molar-refractivity contribution >= 4 is 17.5 Å². The number of amides is 2. The fourth-order valence-corrected chi connectivity index (χ4v) is 3.69. The van der Waals surface area contributed by atoms with Gasteiger partial charge in [0.05, 0.1) is 16.8 Å². The molecule has 0 spiro atoms. The Morgan fingerprint density at radius 3 is 2.52 bits per heavy atom. The molecule has 2 amide bonds. The molecule has 1 aliphatic rings. The Morgan fingerprint density at radius 2 is 1.76 bits per heavy atom. The van der Waals surface area contributed by atoms with Gasteiger partial charge in [0.2, 0.25) is 0 Å². The fourth-order valence-electron chi connectivity index (χ4n) is 3.69. The minimum Gasteiger partial charge on any atom is -0.338 e. The first-order valence-corrected chi connectivity index (χ1v) is 9.79. The van der Waals surface area contributed by atoms with Crippen molar-refractivity contribution < 1.29 is 9.59 Å². The van der Waals surface area contributed by atoms with E-state index < -0.39 is 0 Å². The van der Waals surface area contributed by atoms with Crippen molar-refractivity contribution in [2.24, 2.45) is 0 Å². The van der Waals surface area contributed by atoms with Crippen molar-refractivity contribution in [1.82, 2.24) is 9.88 Å². The summed E-state index contributed by atoms with van der Waals surface area (Å²) in [5, 5.41) is 2.87. The number of aromatic nitrogens is 1. The average molecular weight is 385 g/mol. The number of benzene rings is 2. The van der Waals surface area contributed by atoms with Crippen molar-refractivity contribution in [3.8, 4) is 0 Å². The molecule has 2 heterocycles. The lowest BCUT2D eigenvalue weighted by Crippen LogP contribution is -2.29. The molecule has 1 N–H and O–H groups in total. The van der Waals surface area contributed by atoms with Crippen LogP contribution in [0.15, 0.2) is 72.9 Å². The highest BCUT2D eigenvalue weighted by atomic mass is 16.2. The molecule has 146 valence electrons. The Hall–Kier alpha value is -3.47. The molecular weight excluding hydrogens is 362 g/mol. The van der Waals surface area contributed by atoms with Crippen LogP contribution in [-0.2, 0) is 0 Å². The summed E-state index contributed by atoms with van der Waals surface area (Å²) in [7, 11) is 0. The molecule has 2 aromatic carbocycles. The molecule has 0 bridgehead atoms. The minimum absolute atomic E-state index is 0.0543. The molecule has 1 aliphatic heterocycles. The van der Waals surface area contributed by atoms with Crippen LogP contribution in [0.25, 0.3) is 0 Å². The number of nitrogens with zero attached hydrogens (tertiary/aromatic N) is 2. The molecule has 0 aliphatic carbocycles. The molecule has 4 rings (SSSR count). The van der Waals surface area contributed by atoms with Crippen LogP contribution in [0.4, 0.5) is 5.69 Å². The summed E-state index contributed by atoms with van der Waals surface area (Å²) in [6, 6.07) is 21.0. The molecule has 5 nitrogen and oxygen atoms in total. The van der Waals surface area contributed by atoms with Crippen molar-refractivity contribution in [2.75, 3.05) is 18.4 Å². The number of aryl methyl sites for hydroxylation is 1. The number of para-hydroxylation sites is 1. The first-order valence-electron chi connectivity index (χ1n) is 9.79. The SMILES string of the molecule is Cc1ccc(C(=O)Nc2ccccc2C(=O)N2CCC(c3ccccc3)C2)cn1. The van der Waals surface area contributed by atoms with Gasteiger partial charge in [0.1, 0.15) is 0 Å². The summed E-state index contributed by atoms with van der Waals surface area (Å²) in [5.41, 5.74) is 3.60. The second kappa shape index (κ2) is 8.27. The Bertz CT molecular complexity index is 1020. The van der Waals surface area contributed by atoms with Crippen LogP contribution in [0.3, 0.4) is 0 Å². The lowest BCUT2D eigenvalue weighted by atomic mass is 9.99. The second-order valence-corrected chi connectivity index (χ2v) is 7.34. The number of anilines is 1. The van der Waals surface area contributed by atoms with Crippen LogP contribution >= 0.6 is 0 Å². The maximum Gasteiger partial charge on any atom is 0.257 e. The van der Waals surface area contributed by atoms with Gasteiger partial charge in [-0.3, -0.25) is 14.6 Å². The lowest BCUT2D eigenvalue weighted by Gasteiger charge is -2.19. The molecule has 1 fully saturated rings. The number of pyridine rings is 1. The van der Waals surface area contributed by atoms with Gasteiger partial charge in [-0.25, -0.2) is 0 Å². The normalized spacial score (nSPS) is 15.9. The summed E-state index contributed by atoms with van der Waals surface area (Å²) >= 11 is 0. The third-order valence-corrected chi connectivity index (χ3v) is 5.33. The molecule has 29 heavy (non-hydrogen) atoms. The van der Waals surface area contributed by atoms with Gasteiger partial charge in [0.25, 0.3) is 11.8 Å². The Labute approximate surface area is 170 Å². The molecule has 0 saturated carbocycles. The number of carbonyl (C=O) groups excluding carboxylic acids is 2. The van der Waals surface area contributed by atoms with Crippen molar-refractivity contribution in [3.05, 3.63) is 95.3 Å². The smallest absolute Gasteiger partial charge is 0.257 e. The van der Waals surface area contributed by atoms with Crippen LogP contribution in [0, 0.1) is 6.92 Å². The van der Waals surface area contributed by atoms with Gasteiger partial charge in [-0.2, -0.15) is 0 Å². The molecule has 1 atom stereocenters. The largest absolute Gasteiger partial charge is 0.338 e. The van der Waals surface area contributed by atoms with E-state index in [9.17, 15) is 9.59 Å². The van der Waals surface area contributed by atoms with Crippen LogP contribution < -0.4 is 5.32 Å². The molecule has 0 radical (unpaired) electrons. The van der Waals surface area contributed by atoms with E-state index in [1.165, 1.54) is 5.56 Å². The summed E-state index contributed by atoms with van der Waals surface area (Å²) in [6.07, 6.45) is 2.49. The number of carbonyl (C=O) groups is 2. The predicted octanol–water partition coefficient (Wildman–Crippen LogP) is 4.27. The minimum atomic E-state index is -0.277. The Kier molecular flexibility index (Phi) is 5.38. The van der Waals surface area contributed by atoms with Gasteiger partial charge in [0.15, 0.2) is 0 Å². The van der Waals surface area contributed by atoms with Gasteiger partial charge < -0.3 is 10.2 Å². The van der Waals surface area contributed by atoms with E-state index in [4.69, 9.17) is 0 Å². The molecule has 1 saturated heterocycles. The van der Waals surface area contributed by atoms with Gasteiger partial charge in [-0.15, -0.1) is 0 Å². The number of rotatable bonds is 4. The van der Waals surface area contributed by atoms with E-state index in [1.807, 2.05) is 42.2 Å². The Morgan fingerprint density at radius 1 is 1.00 bits per heavy atom. The van der Waals surface area contributed by atoms with Crippen molar-refractivity contribution in [1.29, 1.82) is 0 Å². The standard InChI is InChI=1S/C24H23N3O2/c1-17-11-12-19(15-25-17)23(28)26-22-10-6-5-9-21(22)24(29)27-14-13-20(16-27)18-7-3-2-4-8-18/h2-12,15,20H,13-14,16H2,1H3,(H,26,28). The summed E-state index contributed by atoms with van der Waals surface area (Å²) in [6.45, 7) is 3.27. The third-order valence-electron chi connectivity index (χ3n) is 5.33. The zero-order chi connectivity index (χ0) is 20.2. The Balaban J connectivity index is 1.50. The van der Waals surface area contributed by atoms with E-state index >= 15 is 0 Å². The molecule has 3 aromatic rings. The third kappa shape index (κ3) is 4.19. The number of nitrogens with one attached hydrogen (secondary N) is 1. The van der Waals surface area contributed by atoms with Gasteiger partial charge >= 0.3 is 0 Å². The van der Waals surface area contributed by atoms with Crippen molar-refractivity contribution in [3.63, 3.8) is 0 Å². The van der Waals surface area contributed by atoms with E-state index in [2.05, 4.69) is 22.4 Å². The zero-order valence-corrected chi connectivity index (χ0v) is 16.3. The molecular formula is C24H23N3O2. The maximum atomic E-state index is 13.2. The zero-order valence-electron chi connectivity index (χ0n) is 16.3. The monoisotopic (exact) mass is 385 g/mol.